The number of hydrogen-bond donors (Lipinski definition) is 1. The van der Waals surface area contributed by atoms with E-state index in [1.54, 1.807) is 0 Å². The Bertz CT molecular complexity index is 734. The van der Waals surface area contributed by atoms with E-state index < -0.39 is 10.1 Å². The van der Waals surface area contributed by atoms with Gasteiger partial charge in [-0.3, -0.25) is 4.55 Å². The van der Waals surface area contributed by atoms with Crippen molar-refractivity contribution < 1.29 is 22.0 Å². The van der Waals surface area contributed by atoms with Gasteiger partial charge in [-0.1, -0.05) is 22.0 Å². The number of allylic oxidation sites excluding steroid dienone is 1. The lowest BCUT2D eigenvalue weighted by Crippen LogP contribution is -2.34. The van der Waals surface area contributed by atoms with Crippen LogP contribution in [0.15, 0.2) is 38.6 Å². The molecule has 1 N–H and O–H groups in total. The van der Waals surface area contributed by atoms with E-state index in [1.807, 2.05) is 29.7 Å². The Morgan fingerprint density at radius 3 is 2.89 bits per heavy atom. The van der Waals surface area contributed by atoms with Crippen LogP contribution in [-0.4, -0.2) is 13.0 Å². The molecule has 19 heavy (non-hydrogen) atoms. The van der Waals surface area contributed by atoms with Gasteiger partial charge in [0.05, 0.1) is 12.3 Å². The van der Waals surface area contributed by atoms with Crippen LogP contribution < -0.4 is 4.57 Å². The fourth-order valence-corrected chi connectivity index (χ4v) is 2.57. The van der Waals surface area contributed by atoms with Crippen molar-refractivity contribution in [2.75, 3.05) is 0 Å². The molecule has 0 fully saturated rings. The molecule has 0 radical (unpaired) electrons. The van der Waals surface area contributed by atoms with E-state index in [0.717, 1.165) is 26.9 Å². The quantitative estimate of drug-likeness (QED) is 0.682. The molecule has 1 heterocycles. The molecular formula is C12H13BrNO4S+. The number of aryl methyl sites for hydroxylation is 2. The Hall–Kier alpha value is -1.18. The lowest BCUT2D eigenvalue weighted by Gasteiger charge is -1.92. The van der Waals surface area contributed by atoms with E-state index in [9.17, 15) is 8.42 Å². The summed E-state index contributed by atoms with van der Waals surface area (Å²) in [5.74, 6) is 0.744. The van der Waals surface area contributed by atoms with Crippen molar-refractivity contribution in [2.24, 2.45) is 0 Å². The second kappa shape index (κ2) is 5.44. The average molecular weight is 347 g/mol. The third kappa shape index (κ3) is 3.65. The third-order valence-corrected chi connectivity index (χ3v) is 3.67. The van der Waals surface area contributed by atoms with Gasteiger partial charge < -0.3 is 4.42 Å². The predicted molar refractivity (Wildman–Crippen MR) is 74.2 cm³/mol. The minimum atomic E-state index is -4.05. The lowest BCUT2D eigenvalue weighted by molar-refractivity contribution is -0.681. The monoisotopic (exact) mass is 346 g/mol. The molecule has 0 aliphatic rings. The van der Waals surface area contributed by atoms with Crippen molar-refractivity contribution in [3.63, 3.8) is 0 Å². The maximum absolute atomic E-state index is 10.6. The molecule has 0 saturated carbocycles. The van der Waals surface area contributed by atoms with E-state index in [4.69, 9.17) is 8.97 Å². The molecule has 1 aromatic carbocycles. The number of nitrogens with zero attached hydrogens (tertiary/aromatic N) is 1. The molecule has 0 saturated heterocycles. The molecule has 0 aliphatic carbocycles. The Labute approximate surface area is 119 Å². The smallest absolute Gasteiger partial charge is 0.344 e. The highest BCUT2D eigenvalue weighted by atomic mass is 79.9. The summed E-state index contributed by atoms with van der Waals surface area (Å²) in [6, 6.07) is 5.71. The van der Waals surface area contributed by atoms with Crippen LogP contribution in [0.3, 0.4) is 0 Å². The molecule has 2 rings (SSSR count). The SMILES string of the molecule is Cc1oc2ccc(Br)cc2[n+]1CC/C=C/S(=O)(=O)O. The van der Waals surface area contributed by atoms with E-state index in [-0.39, 0.29) is 0 Å². The van der Waals surface area contributed by atoms with Gasteiger partial charge >= 0.3 is 5.89 Å². The Morgan fingerprint density at radius 1 is 1.47 bits per heavy atom. The molecule has 0 spiro atoms. The summed E-state index contributed by atoms with van der Waals surface area (Å²) in [6.45, 7) is 2.42. The maximum Gasteiger partial charge on any atom is 0.344 e. The van der Waals surface area contributed by atoms with Crippen molar-refractivity contribution in [3.8, 4) is 0 Å². The molecule has 0 unspecified atom stereocenters. The van der Waals surface area contributed by atoms with Gasteiger partial charge in [0.25, 0.3) is 15.6 Å². The van der Waals surface area contributed by atoms with Gasteiger partial charge in [0.15, 0.2) is 6.54 Å². The summed E-state index contributed by atoms with van der Waals surface area (Å²) in [5.41, 5.74) is 1.71. The lowest BCUT2D eigenvalue weighted by atomic mass is 10.3. The number of oxazole rings is 1. The molecule has 1 aromatic heterocycles. The highest BCUT2D eigenvalue weighted by Crippen LogP contribution is 2.19. The first-order valence-corrected chi connectivity index (χ1v) is 7.89. The number of fused-ring (bicyclic) bond motifs is 1. The van der Waals surface area contributed by atoms with Gasteiger partial charge in [-0.15, -0.1) is 0 Å². The van der Waals surface area contributed by atoms with Crippen molar-refractivity contribution in [2.45, 2.75) is 19.9 Å². The van der Waals surface area contributed by atoms with Gasteiger partial charge in [0, 0.05) is 17.0 Å². The summed E-state index contributed by atoms with van der Waals surface area (Å²) in [6.07, 6.45) is 1.89. The van der Waals surface area contributed by atoms with Crippen LogP contribution in [-0.2, 0) is 16.7 Å². The highest BCUT2D eigenvalue weighted by molar-refractivity contribution is 9.10. The fourth-order valence-electron chi connectivity index (χ4n) is 1.84. The van der Waals surface area contributed by atoms with Crippen molar-refractivity contribution >= 4 is 37.1 Å². The number of hydrogen-bond acceptors (Lipinski definition) is 3. The van der Waals surface area contributed by atoms with E-state index in [2.05, 4.69) is 15.9 Å². The van der Waals surface area contributed by atoms with Crippen molar-refractivity contribution in [1.82, 2.24) is 0 Å². The standard InChI is InChI=1S/C12H12BrNO4S/c1-9-14(6-2-3-7-19(15,16)17)11-8-10(13)4-5-12(11)18-9/h3-5,7-8H,2,6H2,1H3/p+1/b7-3+. The van der Waals surface area contributed by atoms with E-state index in [1.165, 1.54) is 6.08 Å². The number of rotatable bonds is 4. The minimum Gasteiger partial charge on any atom is -0.402 e. The zero-order valence-corrected chi connectivity index (χ0v) is 12.6. The van der Waals surface area contributed by atoms with Crippen LogP contribution in [0.5, 0.6) is 0 Å². The summed E-state index contributed by atoms with van der Waals surface area (Å²) in [7, 11) is -4.05. The second-order valence-corrected chi connectivity index (χ2v) is 6.28. The van der Waals surface area contributed by atoms with Crippen LogP contribution in [0, 0.1) is 6.92 Å². The molecule has 7 heteroatoms. The minimum absolute atomic E-state index is 0.479. The van der Waals surface area contributed by atoms with Gasteiger partial charge in [0.2, 0.25) is 5.58 Å². The van der Waals surface area contributed by atoms with Gasteiger partial charge in [-0.05, 0) is 12.1 Å². The number of benzene rings is 1. The summed E-state index contributed by atoms with van der Waals surface area (Å²) < 4.78 is 38.2. The predicted octanol–water partition coefficient (Wildman–Crippen LogP) is 2.58. The normalized spacial score (nSPS) is 12.6. The third-order valence-electron chi connectivity index (χ3n) is 2.64. The van der Waals surface area contributed by atoms with Crippen LogP contribution in [0.2, 0.25) is 0 Å². The average Bonchev–Trinajstić information content (AvgIpc) is 2.59. The molecule has 0 aliphatic heterocycles. The maximum atomic E-state index is 10.6. The topological polar surface area (TPSA) is 71.4 Å². The summed E-state index contributed by atoms with van der Waals surface area (Å²) in [5, 5.41) is 0.793. The van der Waals surface area contributed by atoms with Crippen LogP contribution in [0.1, 0.15) is 12.3 Å². The van der Waals surface area contributed by atoms with Crippen molar-refractivity contribution in [1.29, 1.82) is 0 Å². The summed E-state index contributed by atoms with van der Waals surface area (Å²) >= 11 is 3.40. The first-order chi connectivity index (χ1) is 8.87. The Morgan fingerprint density at radius 2 is 2.21 bits per heavy atom. The van der Waals surface area contributed by atoms with E-state index >= 15 is 0 Å². The molecule has 102 valence electrons. The zero-order chi connectivity index (χ0) is 14.0. The Kier molecular flexibility index (Phi) is 4.07. The molecule has 5 nitrogen and oxygen atoms in total. The van der Waals surface area contributed by atoms with Crippen LogP contribution in [0.25, 0.3) is 11.1 Å². The van der Waals surface area contributed by atoms with E-state index in [0.29, 0.717) is 13.0 Å². The first kappa shape index (κ1) is 14.2. The Balaban J connectivity index is 2.23. The zero-order valence-electron chi connectivity index (χ0n) is 10.2. The molecular weight excluding hydrogens is 334 g/mol. The van der Waals surface area contributed by atoms with Gasteiger partial charge in [-0.2, -0.15) is 13.0 Å². The van der Waals surface area contributed by atoms with Crippen LogP contribution >= 0.6 is 15.9 Å². The van der Waals surface area contributed by atoms with Crippen LogP contribution in [0.4, 0.5) is 0 Å². The molecule has 2 aromatic rings. The molecule has 0 atom stereocenters. The second-order valence-electron chi connectivity index (χ2n) is 4.06. The van der Waals surface area contributed by atoms with Crippen molar-refractivity contribution in [3.05, 3.63) is 40.0 Å². The first-order valence-electron chi connectivity index (χ1n) is 5.59. The number of halogens is 1. The molecule has 0 bridgehead atoms. The fraction of sp³-hybridized carbons (Fsp3) is 0.250. The number of aromatic nitrogens is 1. The summed E-state index contributed by atoms with van der Waals surface area (Å²) in [4.78, 5) is 0. The largest absolute Gasteiger partial charge is 0.402 e. The molecule has 0 amide bonds. The highest BCUT2D eigenvalue weighted by Gasteiger charge is 2.18. The van der Waals surface area contributed by atoms with Gasteiger partial charge in [0.1, 0.15) is 0 Å². The van der Waals surface area contributed by atoms with Gasteiger partial charge in [-0.25, -0.2) is 0 Å².